The second-order valence-corrected chi connectivity index (χ2v) is 6.05. The number of carboxylic acid groups (broad SMARTS) is 1. The molecule has 2 N–H and O–H groups in total. The molecule has 3 rings (SSSR count). The number of aromatic carboxylic acids is 1. The molecule has 0 heterocycles. The highest BCUT2D eigenvalue weighted by atomic mass is 16.5. The van der Waals surface area contributed by atoms with E-state index in [1.165, 1.54) is 19.2 Å². The molecule has 0 saturated heterocycles. The summed E-state index contributed by atoms with van der Waals surface area (Å²) in [6.45, 7) is 1.67. The van der Waals surface area contributed by atoms with E-state index in [0.29, 0.717) is 28.2 Å². The van der Waals surface area contributed by atoms with Gasteiger partial charge in [0.15, 0.2) is 0 Å². The third kappa shape index (κ3) is 3.31. The maximum atomic E-state index is 11.5. The number of hydrogen-bond acceptors (Lipinski definition) is 4. The highest BCUT2D eigenvalue weighted by molar-refractivity contribution is 5.94. The topological polar surface area (TPSA) is 76.0 Å². The summed E-state index contributed by atoms with van der Waals surface area (Å²) in [6, 6.07) is 15.9. The molecule has 0 saturated carbocycles. The minimum Gasteiger partial charge on any atom is -0.507 e. The van der Waals surface area contributed by atoms with Gasteiger partial charge in [-0.15, -0.1) is 0 Å². The first kappa shape index (κ1) is 18.3. The van der Waals surface area contributed by atoms with E-state index < -0.39 is 5.97 Å². The van der Waals surface area contributed by atoms with Crippen LogP contribution >= 0.6 is 0 Å². The van der Waals surface area contributed by atoms with Crippen LogP contribution in [-0.2, 0) is 0 Å². The molecular weight excluding hydrogens is 344 g/mol. The first-order valence-corrected chi connectivity index (χ1v) is 8.35. The molecule has 0 unspecified atom stereocenters. The molecule has 0 aliphatic heterocycles. The van der Waals surface area contributed by atoms with E-state index in [0.717, 1.165) is 11.1 Å². The van der Waals surface area contributed by atoms with Gasteiger partial charge in [-0.2, -0.15) is 0 Å². The number of hydrogen-bond donors (Lipinski definition) is 2. The molecule has 0 aliphatic carbocycles. The smallest absolute Gasteiger partial charge is 0.335 e. The molecule has 0 spiro atoms. The van der Waals surface area contributed by atoms with Crippen molar-refractivity contribution in [1.82, 2.24) is 0 Å². The Morgan fingerprint density at radius 2 is 1.56 bits per heavy atom. The van der Waals surface area contributed by atoms with E-state index in [1.807, 2.05) is 36.4 Å². The van der Waals surface area contributed by atoms with Crippen molar-refractivity contribution in [2.24, 2.45) is 0 Å². The quantitative estimate of drug-likeness (QED) is 0.683. The van der Waals surface area contributed by atoms with Crippen LogP contribution in [0.1, 0.15) is 15.9 Å². The monoisotopic (exact) mass is 364 g/mol. The lowest BCUT2D eigenvalue weighted by molar-refractivity contribution is 0.0696. The third-order valence-electron chi connectivity index (χ3n) is 4.56. The molecule has 0 bridgehead atoms. The standard InChI is InChI=1S/C22H20O5/c1-13-15(22(24)25)9-10-18(23)21(13)17-12-14(8-11-20(17)27-3)16-6-4-5-7-19(16)26-2/h4-12,23H,1-3H3,(H,24,25). The average Bonchev–Trinajstić information content (AvgIpc) is 2.67. The van der Waals surface area contributed by atoms with Crippen LogP contribution in [0.25, 0.3) is 22.3 Å². The van der Waals surface area contributed by atoms with Crippen molar-refractivity contribution in [2.75, 3.05) is 14.2 Å². The Morgan fingerprint density at radius 1 is 0.889 bits per heavy atom. The van der Waals surface area contributed by atoms with Gasteiger partial charge in [-0.05, 0) is 48.4 Å². The van der Waals surface area contributed by atoms with E-state index in [1.54, 1.807) is 20.1 Å². The van der Waals surface area contributed by atoms with Crippen LogP contribution in [0.3, 0.4) is 0 Å². The minimum absolute atomic E-state index is 0.00650. The Hall–Kier alpha value is -3.47. The van der Waals surface area contributed by atoms with Crippen molar-refractivity contribution in [1.29, 1.82) is 0 Å². The van der Waals surface area contributed by atoms with Crippen LogP contribution in [0, 0.1) is 6.92 Å². The number of phenols is 1. The number of benzene rings is 3. The highest BCUT2D eigenvalue weighted by Crippen LogP contribution is 2.42. The first-order chi connectivity index (χ1) is 13.0. The molecule has 0 fully saturated rings. The molecule has 5 nitrogen and oxygen atoms in total. The Kier molecular flexibility index (Phi) is 5.03. The van der Waals surface area contributed by atoms with Crippen LogP contribution in [0.4, 0.5) is 0 Å². The van der Waals surface area contributed by atoms with E-state index in [-0.39, 0.29) is 11.3 Å². The van der Waals surface area contributed by atoms with E-state index >= 15 is 0 Å². The molecular formula is C22H20O5. The van der Waals surface area contributed by atoms with Gasteiger partial charge in [-0.1, -0.05) is 24.3 Å². The summed E-state index contributed by atoms with van der Waals surface area (Å²) >= 11 is 0. The predicted molar refractivity (Wildman–Crippen MR) is 104 cm³/mol. The molecule has 3 aromatic carbocycles. The number of rotatable bonds is 5. The summed E-state index contributed by atoms with van der Waals surface area (Å²) in [5.41, 5.74) is 3.39. The number of carboxylic acids is 1. The average molecular weight is 364 g/mol. The van der Waals surface area contributed by atoms with E-state index in [4.69, 9.17) is 9.47 Å². The van der Waals surface area contributed by atoms with Gasteiger partial charge in [0.2, 0.25) is 0 Å². The lowest BCUT2D eigenvalue weighted by Crippen LogP contribution is -2.02. The summed E-state index contributed by atoms with van der Waals surface area (Å²) in [7, 11) is 3.14. The molecule has 0 radical (unpaired) electrons. The van der Waals surface area contributed by atoms with Gasteiger partial charge in [0.05, 0.1) is 19.8 Å². The fourth-order valence-electron chi connectivity index (χ4n) is 3.22. The molecule has 0 aliphatic rings. The highest BCUT2D eigenvalue weighted by Gasteiger charge is 2.19. The lowest BCUT2D eigenvalue weighted by Gasteiger charge is -2.17. The molecule has 0 amide bonds. The summed E-state index contributed by atoms with van der Waals surface area (Å²) in [5.74, 6) is 0.199. The first-order valence-electron chi connectivity index (χ1n) is 8.35. The van der Waals surface area contributed by atoms with Gasteiger partial charge in [0.25, 0.3) is 0 Å². The number of carbonyl (C=O) groups is 1. The van der Waals surface area contributed by atoms with Crippen molar-refractivity contribution in [3.63, 3.8) is 0 Å². The van der Waals surface area contributed by atoms with Crippen LogP contribution in [0.15, 0.2) is 54.6 Å². The number of phenolic OH excluding ortho intramolecular Hbond substituents is 1. The molecule has 0 atom stereocenters. The van der Waals surface area contributed by atoms with Crippen LogP contribution in [0.2, 0.25) is 0 Å². The van der Waals surface area contributed by atoms with Crippen LogP contribution < -0.4 is 9.47 Å². The Morgan fingerprint density at radius 3 is 2.22 bits per heavy atom. The van der Waals surface area contributed by atoms with Gasteiger partial charge in [-0.3, -0.25) is 0 Å². The fraction of sp³-hybridized carbons (Fsp3) is 0.136. The van der Waals surface area contributed by atoms with E-state index in [9.17, 15) is 15.0 Å². The SMILES string of the molecule is COc1ccccc1-c1ccc(OC)c(-c2c(O)ccc(C(=O)O)c2C)c1. The van der Waals surface area contributed by atoms with Gasteiger partial charge in [0, 0.05) is 16.7 Å². The lowest BCUT2D eigenvalue weighted by atomic mass is 9.92. The van der Waals surface area contributed by atoms with Gasteiger partial charge in [0.1, 0.15) is 17.2 Å². The fourth-order valence-corrected chi connectivity index (χ4v) is 3.22. The molecule has 5 heteroatoms. The van der Waals surface area contributed by atoms with Crippen molar-refractivity contribution in [2.45, 2.75) is 6.92 Å². The number of aromatic hydroxyl groups is 1. The van der Waals surface area contributed by atoms with Gasteiger partial charge < -0.3 is 19.7 Å². The minimum atomic E-state index is -1.05. The summed E-state index contributed by atoms with van der Waals surface area (Å²) < 4.78 is 10.9. The zero-order valence-electron chi connectivity index (χ0n) is 15.3. The van der Waals surface area contributed by atoms with E-state index in [2.05, 4.69) is 0 Å². The zero-order valence-corrected chi connectivity index (χ0v) is 15.3. The number of methoxy groups -OCH3 is 2. The van der Waals surface area contributed by atoms with Crippen LogP contribution in [0.5, 0.6) is 17.2 Å². The summed E-state index contributed by atoms with van der Waals surface area (Å²) in [5, 5.41) is 19.9. The molecule has 138 valence electrons. The third-order valence-corrected chi connectivity index (χ3v) is 4.56. The van der Waals surface area contributed by atoms with Crippen molar-refractivity contribution >= 4 is 5.97 Å². The Bertz CT molecular complexity index is 1010. The van der Waals surface area contributed by atoms with Crippen molar-refractivity contribution in [3.8, 4) is 39.5 Å². The van der Waals surface area contributed by atoms with Gasteiger partial charge in [-0.25, -0.2) is 4.79 Å². The second kappa shape index (κ2) is 7.41. The maximum Gasteiger partial charge on any atom is 0.335 e. The maximum absolute atomic E-state index is 11.5. The van der Waals surface area contributed by atoms with Crippen molar-refractivity contribution in [3.05, 3.63) is 65.7 Å². The molecule has 27 heavy (non-hydrogen) atoms. The number of para-hydroxylation sites is 1. The second-order valence-electron chi connectivity index (χ2n) is 6.05. The zero-order chi connectivity index (χ0) is 19.6. The van der Waals surface area contributed by atoms with Gasteiger partial charge >= 0.3 is 5.97 Å². The summed E-state index contributed by atoms with van der Waals surface area (Å²) in [6.07, 6.45) is 0. The van der Waals surface area contributed by atoms with Crippen molar-refractivity contribution < 1.29 is 24.5 Å². The Labute approximate surface area is 157 Å². The normalized spacial score (nSPS) is 10.5. The Balaban J connectivity index is 2.28. The predicted octanol–water partition coefficient (Wildman–Crippen LogP) is 4.75. The molecule has 3 aromatic rings. The molecule has 0 aromatic heterocycles. The largest absolute Gasteiger partial charge is 0.507 e. The summed E-state index contributed by atoms with van der Waals surface area (Å²) in [4.78, 5) is 11.5. The number of ether oxygens (including phenoxy) is 2. The van der Waals surface area contributed by atoms with Crippen LogP contribution in [-0.4, -0.2) is 30.4 Å².